The van der Waals surface area contributed by atoms with Crippen LogP contribution in [0.25, 0.3) is 0 Å². The van der Waals surface area contributed by atoms with Crippen molar-refractivity contribution in [3.63, 3.8) is 0 Å². The fraction of sp³-hybridized carbons (Fsp3) is 0.429. The second-order valence-corrected chi connectivity index (χ2v) is 8.19. The maximum atomic E-state index is 6.42. The van der Waals surface area contributed by atoms with Crippen LogP contribution in [0.1, 0.15) is 76.0 Å². The third kappa shape index (κ3) is 4.28. The Morgan fingerprint density at radius 2 is 1.30 bits per heavy atom. The van der Waals surface area contributed by atoms with Crippen LogP contribution in [0.4, 0.5) is 0 Å². The van der Waals surface area contributed by atoms with E-state index in [4.69, 9.17) is 4.74 Å². The minimum atomic E-state index is 0.433. The van der Waals surface area contributed by atoms with Gasteiger partial charge in [0.1, 0.15) is 11.5 Å². The minimum absolute atomic E-state index is 0.433. The lowest BCUT2D eigenvalue weighted by molar-refractivity contribution is 0.460. The second-order valence-electron chi connectivity index (χ2n) is 7.03. The molecular formula is C21H27IO. The summed E-state index contributed by atoms with van der Waals surface area (Å²) < 4.78 is 7.56. The van der Waals surface area contributed by atoms with Crippen LogP contribution in [0.5, 0.6) is 11.5 Å². The Hall–Kier alpha value is -1.03. The SMILES string of the molecule is CC(C)c1cc(C(C)C)c(Oc2ccccc2I)c(C(C)C)c1. The summed E-state index contributed by atoms with van der Waals surface area (Å²) in [5.74, 6) is 3.37. The standard InChI is InChI=1S/C21H27IO/c1-13(2)16-11-17(14(3)4)21(18(12-16)15(5)6)23-20-10-8-7-9-19(20)22/h7-15H,1-6H3. The fourth-order valence-electron chi connectivity index (χ4n) is 2.64. The summed E-state index contributed by atoms with van der Waals surface area (Å²) in [7, 11) is 0. The molecule has 0 aliphatic heterocycles. The summed E-state index contributed by atoms with van der Waals surface area (Å²) in [5.41, 5.74) is 4.01. The summed E-state index contributed by atoms with van der Waals surface area (Å²) >= 11 is 2.34. The molecule has 1 nitrogen and oxygen atoms in total. The number of hydrogen-bond donors (Lipinski definition) is 0. The normalized spacial score (nSPS) is 11.6. The molecule has 0 fully saturated rings. The molecule has 0 unspecified atom stereocenters. The molecule has 0 atom stereocenters. The molecule has 0 spiro atoms. The van der Waals surface area contributed by atoms with Gasteiger partial charge in [0, 0.05) is 0 Å². The van der Waals surface area contributed by atoms with Gasteiger partial charge in [0.05, 0.1) is 3.57 Å². The first-order chi connectivity index (χ1) is 10.8. The van der Waals surface area contributed by atoms with Gasteiger partial charge < -0.3 is 4.74 Å². The van der Waals surface area contributed by atoms with Crippen LogP contribution in [0.15, 0.2) is 36.4 Å². The lowest BCUT2D eigenvalue weighted by Gasteiger charge is -2.23. The minimum Gasteiger partial charge on any atom is -0.456 e. The maximum absolute atomic E-state index is 6.42. The van der Waals surface area contributed by atoms with Crippen LogP contribution in [0, 0.1) is 3.57 Å². The molecule has 2 rings (SSSR count). The molecule has 23 heavy (non-hydrogen) atoms. The van der Waals surface area contributed by atoms with Gasteiger partial charge in [-0.25, -0.2) is 0 Å². The van der Waals surface area contributed by atoms with Crippen molar-refractivity contribution in [3.05, 3.63) is 56.7 Å². The van der Waals surface area contributed by atoms with Gasteiger partial charge in [-0.3, -0.25) is 0 Å². The van der Waals surface area contributed by atoms with E-state index in [0.717, 1.165) is 15.1 Å². The number of ether oxygens (including phenoxy) is 1. The van der Waals surface area contributed by atoms with Crippen LogP contribution in [-0.2, 0) is 0 Å². The van der Waals surface area contributed by atoms with E-state index < -0.39 is 0 Å². The van der Waals surface area contributed by atoms with E-state index in [1.54, 1.807) is 0 Å². The largest absolute Gasteiger partial charge is 0.456 e. The summed E-state index contributed by atoms with van der Waals surface area (Å²) in [4.78, 5) is 0. The molecule has 0 saturated carbocycles. The number of halogens is 1. The quantitative estimate of drug-likeness (QED) is 0.455. The van der Waals surface area contributed by atoms with E-state index >= 15 is 0 Å². The van der Waals surface area contributed by atoms with Crippen molar-refractivity contribution in [2.75, 3.05) is 0 Å². The number of para-hydroxylation sites is 1. The van der Waals surface area contributed by atoms with Crippen molar-refractivity contribution in [1.29, 1.82) is 0 Å². The highest BCUT2D eigenvalue weighted by Crippen LogP contribution is 2.40. The highest BCUT2D eigenvalue weighted by Gasteiger charge is 2.19. The van der Waals surface area contributed by atoms with E-state index in [1.807, 2.05) is 18.2 Å². The zero-order chi connectivity index (χ0) is 17.1. The zero-order valence-corrected chi connectivity index (χ0v) is 17.1. The molecule has 2 heteroatoms. The van der Waals surface area contributed by atoms with E-state index in [2.05, 4.69) is 82.3 Å². The first-order valence-electron chi connectivity index (χ1n) is 8.41. The molecule has 0 aliphatic rings. The number of hydrogen-bond acceptors (Lipinski definition) is 1. The first-order valence-corrected chi connectivity index (χ1v) is 9.49. The van der Waals surface area contributed by atoms with E-state index in [0.29, 0.717) is 17.8 Å². The maximum Gasteiger partial charge on any atom is 0.140 e. The molecule has 2 aromatic carbocycles. The van der Waals surface area contributed by atoms with Crippen LogP contribution < -0.4 is 4.74 Å². The third-order valence-corrected chi connectivity index (χ3v) is 5.02. The molecule has 124 valence electrons. The van der Waals surface area contributed by atoms with Gasteiger partial charge in [0.25, 0.3) is 0 Å². The topological polar surface area (TPSA) is 9.23 Å². The predicted molar refractivity (Wildman–Crippen MR) is 108 cm³/mol. The highest BCUT2D eigenvalue weighted by atomic mass is 127. The highest BCUT2D eigenvalue weighted by molar-refractivity contribution is 14.1. The molecule has 0 aliphatic carbocycles. The van der Waals surface area contributed by atoms with Gasteiger partial charge in [-0.1, -0.05) is 65.8 Å². The van der Waals surface area contributed by atoms with Crippen LogP contribution in [-0.4, -0.2) is 0 Å². The average Bonchev–Trinajstić information content (AvgIpc) is 2.48. The molecule has 0 amide bonds. The van der Waals surface area contributed by atoms with Crippen molar-refractivity contribution in [1.82, 2.24) is 0 Å². The fourth-order valence-corrected chi connectivity index (χ4v) is 3.14. The molecule has 0 radical (unpaired) electrons. The van der Waals surface area contributed by atoms with Gasteiger partial charge in [0.15, 0.2) is 0 Å². The Balaban J connectivity index is 2.62. The van der Waals surface area contributed by atoms with Gasteiger partial charge in [-0.05, 0) is 69.2 Å². The molecule has 0 bridgehead atoms. The summed E-state index contributed by atoms with van der Waals surface area (Å²) in [6, 6.07) is 12.9. The smallest absolute Gasteiger partial charge is 0.140 e. The Morgan fingerprint density at radius 1 is 0.783 bits per heavy atom. The van der Waals surface area contributed by atoms with E-state index in [1.165, 1.54) is 16.7 Å². The summed E-state index contributed by atoms with van der Waals surface area (Å²) in [6.07, 6.45) is 0. The molecule has 0 saturated heterocycles. The first kappa shape index (κ1) is 18.3. The van der Waals surface area contributed by atoms with E-state index in [-0.39, 0.29) is 0 Å². The van der Waals surface area contributed by atoms with Crippen molar-refractivity contribution in [2.24, 2.45) is 0 Å². The molecular weight excluding hydrogens is 395 g/mol. The molecule has 0 aromatic heterocycles. The average molecular weight is 422 g/mol. The van der Waals surface area contributed by atoms with Gasteiger partial charge in [-0.15, -0.1) is 0 Å². The lowest BCUT2D eigenvalue weighted by Crippen LogP contribution is -2.04. The third-order valence-electron chi connectivity index (χ3n) is 4.13. The van der Waals surface area contributed by atoms with Crippen molar-refractivity contribution in [2.45, 2.75) is 59.3 Å². The summed E-state index contributed by atoms with van der Waals surface area (Å²) in [5, 5.41) is 0. The predicted octanol–water partition coefficient (Wildman–Crippen LogP) is 7.45. The van der Waals surface area contributed by atoms with Gasteiger partial charge in [-0.2, -0.15) is 0 Å². The summed E-state index contributed by atoms with van der Waals surface area (Å²) in [6.45, 7) is 13.5. The Kier molecular flexibility index (Phi) is 6.12. The molecule has 0 heterocycles. The van der Waals surface area contributed by atoms with Gasteiger partial charge in [0.2, 0.25) is 0 Å². The Bertz CT molecular complexity index is 642. The Labute approximate surface area is 154 Å². The Morgan fingerprint density at radius 3 is 1.74 bits per heavy atom. The van der Waals surface area contributed by atoms with Crippen LogP contribution >= 0.6 is 22.6 Å². The van der Waals surface area contributed by atoms with Crippen LogP contribution in [0.2, 0.25) is 0 Å². The monoisotopic (exact) mass is 422 g/mol. The zero-order valence-electron chi connectivity index (χ0n) is 15.0. The lowest BCUT2D eigenvalue weighted by atomic mass is 9.88. The van der Waals surface area contributed by atoms with Crippen molar-refractivity contribution >= 4 is 22.6 Å². The van der Waals surface area contributed by atoms with Crippen molar-refractivity contribution < 1.29 is 4.74 Å². The van der Waals surface area contributed by atoms with E-state index in [9.17, 15) is 0 Å². The number of benzene rings is 2. The number of rotatable bonds is 5. The van der Waals surface area contributed by atoms with Crippen LogP contribution in [0.3, 0.4) is 0 Å². The van der Waals surface area contributed by atoms with Crippen molar-refractivity contribution in [3.8, 4) is 11.5 Å². The molecule has 2 aromatic rings. The molecule has 0 N–H and O–H groups in total. The second kappa shape index (κ2) is 7.69. The van der Waals surface area contributed by atoms with Gasteiger partial charge >= 0.3 is 0 Å².